The van der Waals surface area contributed by atoms with Crippen molar-refractivity contribution in [3.05, 3.63) is 59.4 Å². The first-order valence-electron chi connectivity index (χ1n) is 7.00. The Hall–Kier alpha value is -2.21. The Labute approximate surface area is 137 Å². The summed E-state index contributed by atoms with van der Waals surface area (Å²) in [6, 6.07) is 10.8. The lowest BCUT2D eigenvalue weighted by Gasteiger charge is -2.15. The van der Waals surface area contributed by atoms with Gasteiger partial charge < -0.3 is 10.1 Å². The molecule has 0 saturated heterocycles. The van der Waals surface area contributed by atoms with E-state index >= 15 is 0 Å². The minimum Gasteiger partial charge on any atom is -0.494 e. The van der Waals surface area contributed by atoms with Gasteiger partial charge in [-0.05, 0) is 48.9 Å². The molecule has 2 rings (SSSR count). The Balaban J connectivity index is 2.09. The van der Waals surface area contributed by atoms with Crippen LogP contribution in [0.3, 0.4) is 0 Å². The molecule has 0 heterocycles. The van der Waals surface area contributed by atoms with E-state index in [1.54, 1.807) is 43.5 Å². The molecule has 6 heteroatoms. The molecule has 2 aromatic rings. The monoisotopic (exact) mass is 335 g/mol. The number of ether oxygens (including phenoxy) is 1. The van der Waals surface area contributed by atoms with Crippen molar-refractivity contribution in [1.29, 1.82) is 0 Å². The summed E-state index contributed by atoms with van der Waals surface area (Å²) >= 11 is 0. The van der Waals surface area contributed by atoms with Gasteiger partial charge in [0.25, 0.3) is 5.91 Å². The van der Waals surface area contributed by atoms with Gasteiger partial charge >= 0.3 is 0 Å². The Morgan fingerprint density at radius 3 is 2.39 bits per heavy atom. The van der Waals surface area contributed by atoms with Gasteiger partial charge in [0.2, 0.25) is 0 Å². The highest BCUT2D eigenvalue weighted by molar-refractivity contribution is 7.84. The van der Waals surface area contributed by atoms with E-state index in [2.05, 4.69) is 5.32 Å². The molecule has 0 fully saturated rings. The summed E-state index contributed by atoms with van der Waals surface area (Å²) in [5.74, 6) is -0.585. The first kappa shape index (κ1) is 17.1. The van der Waals surface area contributed by atoms with E-state index in [9.17, 15) is 13.4 Å². The van der Waals surface area contributed by atoms with Gasteiger partial charge in [-0.3, -0.25) is 9.00 Å². The van der Waals surface area contributed by atoms with Crippen molar-refractivity contribution in [1.82, 2.24) is 5.32 Å². The van der Waals surface area contributed by atoms with E-state index in [0.717, 1.165) is 0 Å². The summed E-state index contributed by atoms with van der Waals surface area (Å²) in [6.07, 6.45) is 1.58. The van der Waals surface area contributed by atoms with E-state index in [0.29, 0.717) is 16.0 Å². The molecule has 0 aromatic heterocycles. The fraction of sp³-hybridized carbons (Fsp3) is 0.235. The van der Waals surface area contributed by atoms with Gasteiger partial charge in [-0.1, -0.05) is 6.07 Å². The van der Waals surface area contributed by atoms with Gasteiger partial charge in [-0.15, -0.1) is 0 Å². The number of carbonyl (C=O) groups is 1. The third-order valence-electron chi connectivity index (χ3n) is 3.47. The van der Waals surface area contributed by atoms with Crippen LogP contribution in [-0.2, 0) is 10.8 Å². The van der Waals surface area contributed by atoms with Crippen LogP contribution >= 0.6 is 0 Å². The van der Waals surface area contributed by atoms with Gasteiger partial charge in [0.15, 0.2) is 11.6 Å². The molecule has 0 aliphatic heterocycles. The zero-order valence-electron chi connectivity index (χ0n) is 13.1. The zero-order chi connectivity index (χ0) is 17.0. The number of amides is 1. The number of nitrogens with one attached hydrogen (secondary N) is 1. The molecule has 23 heavy (non-hydrogen) atoms. The zero-order valence-corrected chi connectivity index (χ0v) is 13.9. The number of rotatable bonds is 5. The average molecular weight is 335 g/mol. The van der Waals surface area contributed by atoms with Crippen molar-refractivity contribution in [2.24, 2.45) is 0 Å². The van der Waals surface area contributed by atoms with Crippen LogP contribution in [0.2, 0.25) is 0 Å². The smallest absolute Gasteiger partial charge is 0.251 e. The topological polar surface area (TPSA) is 55.4 Å². The highest BCUT2D eigenvalue weighted by atomic mass is 32.2. The number of halogens is 1. The van der Waals surface area contributed by atoms with E-state index in [1.165, 1.54) is 19.2 Å². The first-order chi connectivity index (χ1) is 10.9. The van der Waals surface area contributed by atoms with Crippen molar-refractivity contribution < 1.29 is 18.1 Å². The Bertz CT molecular complexity index is 731. The van der Waals surface area contributed by atoms with Crippen molar-refractivity contribution in [2.75, 3.05) is 13.4 Å². The molecule has 122 valence electrons. The predicted molar refractivity (Wildman–Crippen MR) is 87.6 cm³/mol. The molecule has 0 aliphatic carbocycles. The molecule has 0 unspecified atom stereocenters. The second-order valence-corrected chi connectivity index (χ2v) is 6.45. The van der Waals surface area contributed by atoms with Crippen LogP contribution < -0.4 is 10.1 Å². The maximum atomic E-state index is 13.7. The fourth-order valence-corrected chi connectivity index (χ4v) is 2.63. The quantitative estimate of drug-likeness (QED) is 0.914. The van der Waals surface area contributed by atoms with Crippen LogP contribution in [0.1, 0.15) is 28.9 Å². The molecule has 0 saturated carbocycles. The van der Waals surface area contributed by atoms with Crippen LogP contribution in [0.4, 0.5) is 4.39 Å². The van der Waals surface area contributed by atoms with Crippen LogP contribution in [-0.4, -0.2) is 23.5 Å². The standard InChI is InChI=1S/C17H18FNO3S/c1-11(13-6-9-16(22-2)15(18)10-13)19-17(20)12-4-7-14(8-5-12)23(3)21/h4-11H,1-3H3,(H,19,20)/t11-,23-/m0/s1. The molecular formula is C17H18FNO3S. The maximum Gasteiger partial charge on any atom is 0.251 e. The fourth-order valence-electron chi connectivity index (χ4n) is 2.11. The van der Waals surface area contributed by atoms with Gasteiger partial charge in [0.1, 0.15) is 0 Å². The van der Waals surface area contributed by atoms with E-state index in [-0.39, 0.29) is 17.7 Å². The van der Waals surface area contributed by atoms with Gasteiger partial charge in [-0.25, -0.2) is 4.39 Å². The first-order valence-corrected chi connectivity index (χ1v) is 8.56. The molecule has 2 aromatic carbocycles. The molecule has 2 atom stereocenters. The van der Waals surface area contributed by atoms with Crippen molar-refractivity contribution in [2.45, 2.75) is 17.9 Å². The van der Waals surface area contributed by atoms with E-state index < -0.39 is 16.6 Å². The van der Waals surface area contributed by atoms with E-state index in [1.807, 2.05) is 0 Å². The number of carbonyl (C=O) groups excluding carboxylic acids is 1. The minimum atomic E-state index is -1.08. The van der Waals surface area contributed by atoms with Crippen molar-refractivity contribution in [3.8, 4) is 5.75 Å². The normalized spacial score (nSPS) is 13.2. The van der Waals surface area contributed by atoms with Gasteiger partial charge in [0.05, 0.1) is 13.2 Å². The molecule has 4 nitrogen and oxygen atoms in total. The molecule has 0 bridgehead atoms. The molecule has 0 spiro atoms. The molecular weight excluding hydrogens is 317 g/mol. The lowest BCUT2D eigenvalue weighted by atomic mass is 10.1. The molecule has 1 N–H and O–H groups in total. The Morgan fingerprint density at radius 1 is 1.22 bits per heavy atom. The number of hydrogen-bond donors (Lipinski definition) is 1. The summed E-state index contributed by atoms with van der Waals surface area (Å²) in [7, 11) is 0.317. The highest BCUT2D eigenvalue weighted by Gasteiger charge is 2.13. The van der Waals surface area contributed by atoms with E-state index in [4.69, 9.17) is 4.74 Å². The predicted octanol–water partition coefficient (Wildman–Crippen LogP) is 3.06. The van der Waals surface area contributed by atoms with Crippen LogP contribution in [0.25, 0.3) is 0 Å². The third-order valence-corrected chi connectivity index (χ3v) is 4.41. The third kappa shape index (κ3) is 4.16. The number of methoxy groups -OCH3 is 1. The summed E-state index contributed by atoms with van der Waals surface area (Å²) < 4.78 is 29.9. The second-order valence-electron chi connectivity index (χ2n) is 5.07. The minimum absolute atomic E-state index is 0.162. The van der Waals surface area contributed by atoms with Crippen LogP contribution in [0.5, 0.6) is 5.75 Å². The van der Waals surface area contributed by atoms with Gasteiger partial charge in [-0.2, -0.15) is 0 Å². The number of benzene rings is 2. The lowest BCUT2D eigenvalue weighted by Crippen LogP contribution is -2.26. The molecule has 0 radical (unpaired) electrons. The average Bonchev–Trinajstić information content (AvgIpc) is 2.54. The second kappa shape index (κ2) is 7.37. The van der Waals surface area contributed by atoms with Gasteiger partial charge in [0, 0.05) is 27.5 Å². The van der Waals surface area contributed by atoms with Crippen LogP contribution in [0, 0.1) is 5.82 Å². The van der Waals surface area contributed by atoms with Crippen molar-refractivity contribution >= 4 is 16.7 Å². The highest BCUT2D eigenvalue weighted by Crippen LogP contribution is 2.22. The SMILES string of the molecule is COc1ccc([C@H](C)NC(=O)c2ccc([S@](C)=O)cc2)cc1F. The largest absolute Gasteiger partial charge is 0.494 e. The Kier molecular flexibility index (Phi) is 5.50. The number of hydrogen-bond acceptors (Lipinski definition) is 3. The van der Waals surface area contributed by atoms with Crippen LogP contribution in [0.15, 0.2) is 47.4 Å². The summed E-state index contributed by atoms with van der Waals surface area (Å²) in [6.45, 7) is 1.77. The Morgan fingerprint density at radius 2 is 1.87 bits per heavy atom. The lowest BCUT2D eigenvalue weighted by molar-refractivity contribution is 0.0939. The molecule has 1 amide bonds. The molecule has 0 aliphatic rings. The maximum absolute atomic E-state index is 13.7. The van der Waals surface area contributed by atoms with Crippen molar-refractivity contribution in [3.63, 3.8) is 0 Å². The summed E-state index contributed by atoms with van der Waals surface area (Å²) in [4.78, 5) is 12.9. The summed E-state index contributed by atoms with van der Waals surface area (Å²) in [5.41, 5.74) is 1.10. The summed E-state index contributed by atoms with van der Waals surface area (Å²) in [5, 5.41) is 2.80.